The summed E-state index contributed by atoms with van der Waals surface area (Å²) < 4.78 is 30.8. The summed E-state index contributed by atoms with van der Waals surface area (Å²) >= 11 is 0. The molecule has 6 N–H and O–H groups in total. The van der Waals surface area contributed by atoms with Crippen LogP contribution in [-0.2, 0) is 16.1 Å². The fraction of sp³-hybridized carbons (Fsp3) is 0.400. The summed E-state index contributed by atoms with van der Waals surface area (Å²) in [5, 5.41) is 23.8. The Labute approximate surface area is 248 Å². The van der Waals surface area contributed by atoms with Crippen molar-refractivity contribution in [3.63, 3.8) is 0 Å². The number of imidazole rings is 1. The number of carboxylic acid groups (broad SMARTS) is 1. The van der Waals surface area contributed by atoms with Crippen LogP contribution in [0.4, 0.5) is 19.3 Å². The van der Waals surface area contributed by atoms with Gasteiger partial charge in [0.2, 0.25) is 11.8 Å². The predicted octanol–water partition coefficient (Wildman–Crippen LogP) is 3.73. The number of carbonyl (C=O) groups is 3. The highest BCUT2D eigenvalue weighted by Gasteiger charge is 2.38. The number of aliphatic hydroxyl groups is 1. The molecule has 3 rings (SSSR count). The first-order valence-corrected chi connectivity index (χ1v) is 13.8. The standard InChI is InChI=1S/C30H38F2N6O5/c1-18(33)28(41)35-21-8-5-7-19(13-21)15-37-16-24(22-14-20(31)9-10-23(22)32)36-27(37)26(30(2,3)4)38(25(40)17-39)12-6-11-34-29(42)43/h5,7-10,13-14,16,18,26,34,39H,6,11-12,15,17,33H2,1-4H3,(H,35,41)(H,42,43). The maximum absolute atomic E-state index is 14.9. The number of carbonyl (C=O) groups excluding carboxylic acids is 2. The van der Waals surface area contributed by atoms with E-state index in [0.717, 1.165) is 23.8 Å². The zero-order valence-corrected chi connectivity index (χ0v) is 24.6. The van der Waals surface area contributed by atoms with E-state index in [1.54, 1.807) is 35.9 Å². The number of benzene rings is 2. The number of nitrogens with one attached hydrogen (secondary N) is 2. The lowest BCUT2D eigenvalue weighted by molar-refractivity contribution is -0.139. The molecule has 232 valence electrons. The molecule has 0 aliphatic heterocycles. The highest BCUT2D eigenvalue weighted by atomic mass is 19.1. The van der Waals surface area contributed by atoms with Crippen LogP contribution in [0.25, 0.3) is 11.3 Å². The second kappa shape index (κ2) is 14.2. The number of amides is 3. The number of nitrogens with zero attached hydrogens (tertiary/aromatic N) is 3. The van der Waals surface area contributed by atoms with E-state index in [9.17, 15) is 28.3 Å². The molecule has 3 amide bonds. The summed E-state index contributed by atoms with van der Waals surface area (Å²) in [7, 11) is 0. The number of anilines is 1. The Morgan fingerprint density at radius 2 is 1.86 bits per heavy atom. The molecule has 0 saturated heterocycles. The quantitative estimate of drug-likeness (QED) is 0.198. The van der Waals surface area contributed by atoms with Gasteiger partial charge in [0.05, 0.1) is 17.8 Å². The maximum Gasteiger partial charge on any atom is 0.404 e. The number of nitrogens with two attached hydrogens (primary N) is 1. The van der Waals surface area contributed by atoms with E-state index in [4.69, 9.17) is 15.8 Å². The smallest absolute Gasteiger partial charge is 0.404 e. The van der Waals surface area contributed by atoms with Gasteiger partial charge in [0.1, 0.15) is 24.1 Å². The van der Waals surface area contributed by atoms with Crippen LogP contribution in [0.3, 0.4) is 0 Å². The molecule has 11 nitrogen and oxygen atoms in total. The lowest BCUT2D eigenvalue weighted by Gasteiger charge is -2.40. The summed E-state index contributed by atoms with van der Waals surface area (Å²) in [4.78, 5) is 42.3. The molecule has 13 heteroatoms. The van der Waals surface area contributed by atoms with Crippen LogP contribution in [0.2, 0.25) is 0 Å². The lowest BCUT2D eigenvalue weighted by Crippen LogP contribution is -2.45. The van der Waals surface area contributed by atoms with Gasteiger partial charge in [-0.15, -0.1) is 0 Å². The van der Waals surface area contributed by atoms with Crippen molar-refractivity contribution in [2.24, 2.45) is 11.1 Å². The number of rotatable bonds is 12. The largest absolute Gasteiger partial charge is 0.465 e. The third-order valence-electron chi connectivity index (χ3n) is 6.66. The molecule has 1 heterocycles. The second-order valence-corrected chi connectivity index (χ2v) is 11.3. The van der Waals surface area contributed by atoms with Gasteiger partial charge >= 0.3 is 6.09 Å². The first-order valence-electron chi connectivity index (χ1n) is 13.8. The van der Waals surface area contributed by atoms with E-state index in [0.29, 0.717) is 11.5 Å². The van der Waals surface area contributed by atoms with E-state index >= 15 is 0 Å². The molecular formula is C30H38F2N6O5. The van der Waals surface area contributed by atoms with Gasteiger partial charge in [0.25, 0.3) is 0 Å². The average Bonchev–Trinajstić information content (AvgIpc) is 3.32. The van der Waals surface area contributed by atoms with Gasteiger partial charge in [0, 0.05) is 37.1 Å². The highest BCUT2D eigenvalue weighted by Crippen LogP contribution is 2.39. The topological polar surface area (TPSA) is 163 Å². The van der Waals surface area contributed by atoms with Gasteiger partial charge in [-0.2, -0.15) is 0 Å². The summed E-state index contributed by atoms with van der Waals surface area (Å²) in [6, 6.07) is 8.56. The average molecular weight is 601 g/mol. The summed E-state index contributed by atoms with van der Waals surface area (Å²) in [5.74, 6) is -1.98. The van der Waals surface area contributed by atoms with Crippen LogP contribution in [0.5, 0.6) is 0 Å². The van der Waals surface area contributed by atoms with Crippen molar-refractivity contribution in [3.8, 4) is 11.3 Å². The minimum absolute atomic E-state index is 0.0650. The van der Waals surface area contributed by atoms with Crippen molar-refractivity contribution >= 4 is 23.6 Å². The first-order chi connectivity index (χ1) is 20.2. The molecule has 2 atom stereocenters. The summed E-state index contributed by atoms with van der Waals surface area (Å²) in [6.07, 6.45) is 0.606. The molecule has 0 aliphatic rings. The zero-order chi connectivity index (χ0) is 31.9. The number of aromatic nitrogens is 2. The molecule has 43 heavy (non-hydrogen) atoms. The first kappa shape index (κ1) is 33.1. The normalized spacial score (nSPS) is 12.8. The van der Waals surface area contributed by atoms with Crippen LogP contribution in [0, 0.1) is 17.0 Å². The van der Waals surface area contributed by atoms with E-state index < -0.39 is 47.7 Å². The monoisotopic (exact) mass is 600 g/mol. The number of hydrogen-bond donors (Lipinski definition) is 5. The fourth-order valence-corrected chi connectivity index (χ4v) is 4.73. The minimum atomic E-state index is -1.20. The lowest BCUT2D eigenvalue weighted by atomic mass is 9.84. The third-order valence-corrected chi connectivity index (χ3v) is 6.66. The Hall–Kier alpha value is -4.36. The molecule has 3 aromatic rings. The van der Waals surface area contributed by atoms with Crippen molar-refractivity contribution < 1.29 is 33.4 Å². The fourth-order valence-electron chi connectivity index (χ4n) is 4.73. The van der Waals surface area contributed by atoms with Gasteiger partial charge in [0.15, 0.2) is 0 Å². The SMILES string of the molecule is CC(N)C(=O)Nc1cccc(Cn2cc(-c3cc(F)ccc3F)nc2C(N(CCCNC(=O)O)C(=O)CO)C(C)(C)C)c1. The van der Waals surface area contributed by atoms with Crippen LogP contribution < -0.4 is 16.4 Å². The van der Waals surface area contributed by atoms with Crippen molar-refractivity contribution in [1.82, 2.24) is 19.8 Å². The van der Waals surface area contributed by atoms with E-state index in [2.05, 4.69) is 10.6 Å². The Morgan fingerprint density at radius 1 is 1.14 bits per heavy atom. The van der Waals surface area contributed by atoms with Crippen LogP contribution in [-0.4, -0.2) is 68.3 Å². The van der Waals surface area contributed by atoms with Crippen molar-refractivity contribution in [2.75, 3.05) is 25.0 Å². The molecule has 2 unspecified atom stereocenters. The highest BCUT2D eigenvalue weighted by molar-refractivity contribution is 5.94. The van der Waals surface area contributed by atoms with Gasteiger partial charge in [-0.25, -0.2) is 18.6 Å². The molecule has 1 aromatic heterocycles. The van der Waals surface area contributed by atoms with Crippen molar-refractivity contribution in [2.45, 2.75) is 52.7 Å². The van der Waals surface area contributed by atoms with E-state index in [1.807, 2.05) is 26.8 Å². The van der Waals surface area contributed by atoms with Crippen molar-refractivity contribution in [1.29, 1.82) is 0 Å². The molecule has 0 saturated carbocycles. The van der Waals surface area contributed by atoms with Gasteiger partial charge < -0.3 is 36.0 Å². The van der Waals surface area contributed by atoms with Crippen LogP contribution >= 0.6 is 0 Å². The number of aliphatic hydroxyl groups excluding tert-OH is 1. The molecule has 0 radical (unpaired) electrons. The molecule has 2 aromatic carbocycles. The second-order valence-electron chi connectivity index (χ2n) is 11.3. The van der Waals surface area contributed by atoms with Gasteiger partial charge in [-0.1, -0.05) is 32.9 Å². The van der Waals surface area contributed by atoms with Crippen LogP contribution in [0.15, 0.2) is 48.7 Å². The third kappa shape index (κ3) is 8.82. The Morgan fingerprint density at radius 3 is 2.49 bits per heavy atom. The molecule has 0 fully saturated rings. The number of hydrogen-bond acceptors (Lipinski definition) is 6. The van der Waals surface area contributed by atoms with E-state index in [-0.39, 0.29) is 43.2 Å². The van der Waals surface area contributed by atoms with Gasteiger partial charge in [-0.05, 0) is 54.7 Å². The van der Waals surface area contributed by atoms with Crippen molar-refractivity contribution in [3.05, 3.63) is 71.7 Å². The number of halogens is 2. The Balaban J connectivity index is 2.14. The Kier molecular flexibility index (Phi) is 11.0. The minimum Gasteiger partial charge on any atom is -0.465 e. The maximum atomic E-state index is 14.9. The van der Waals surface area contributed by atoms with Crippen LogP contribution in [0.1, 0.15) is 51.5 Å². The molecule has 0 bridgehead atoms. The summed E-state index contributed by atoms with van der Waals surface area (Å²) in [5.41, 5.74) is 6.29. The zero-order valence-electron chi connectivity index (χ0n) is 24.6. The van der Waals surface area contributed by atoms with E-state index in [1.165, 1.54) is 4.90 Å². The molecule has 0 aliphatic carbocycles. The van der Waals surface area contributed by atoms with Gasteiger partial charge in [-0.3, -0.25) is 9.59 Å². The molecule has 0 spiro atoms. The molecular weight excluding hydrogens is 562 g/mol. The Bertz CT molecular complexity index is 1450. The predicted molar refractivity (Wildman–Crippen MR) is 157 cm³/mol. The summed E-state index contributed by atoms with van der Waals surface area (Å²) in [6.45, 7) is 6.70.